The first-order valence-corrected chi connectivity index (χ1v) is 6.75. The lowest BCUT2D eigenvalue weighted by atomic mass is 10.2. The van der Waals surface area contributed by atoms with E-state index in [0.29, 0.717) is 17.3 Å². The topological polar surface area (TPSA) is 29.9 Å². The summed E-state index contributed by atoms with van der Waals surface area (Å²) in [7, 11) is 0. The molecule has 0 bridgehead atoms. The van der Waals surface area contributed by atoms with Crippen molar-refractivity contribution in [2.75, 3.05) is 5.32 Å². The molecule has 0 spiro atoms. The van der Waals surface area contributed by atoms with E-state index < -0.39 is 11.7 Å². The Bertz CT molecular complexity index is 647. The number of nitrogens with zero attached hydrogens (tertiary/aromatic N) is 2. The summed E-state index contributed by atoms with van der Waals surface area (Å²) in [6, 6.07) is 3.54. The highest BCUT2D eigenvalue weighted by Crippen LogP contribution is 2.33. The van der Waals surface area contributed by atoms with Crippen LogP contribution in [0.25, 0.3) is 5.69 Å². The first-order chi connectivity index (χ1) is 9.66. The molecule has 1 heterocycles. The standard InChI is InChI=1S/C14H15ClF3N3/c1-8(2)19-13-20-9(3)7-21(13)12-5-10(14(16,17)18)4-11(15)6-12/h4-8H,1-3H3,(H,19,20). The summed E-state index contributed by atoms with van der Waals surface area (Å²) in [6.07, 6.45) is -2.78. The third-order valence-electron chi connectivity index (χ3n) is 2.73. The second-order valence-corrected chi connectivity index (χ2v) is 5.51. The molecule has 0 fully saturated rings. The van der Waals surface area contributed by atoms with Crippen molar-refractivity contribution >= 4 is 17.5 Å². The van der Waals surface area contributed by atoms with Gasteiger partial charge in [-0.1, -0.05) is 11.6 Å². The van der Waals surface area contributed by atoms with Crippen LogP contribution in [0.5, 0.6) is 0 Å². The molecule has 1 N–H and O–H groups in total. The summed E-state index contributed by atoms with van der Waals surface area (Å²) in [5.41, 5.74) is 0.233. The molecule has 0 aliphatic rings. The lowest BCUT2D eigenvalue weighted by Crippen LogP contribution is -2.14. The molecular formula is C14H15ClF3N3. The highest BCUT2D eigenvalue weighted by atomic mass is 35.5. The van der Waals surface area contributed by atoms with E-state index in [2.05, 4.69) is 10.3 Å². The van der Waals surface area contributed by atoms with Gasteiger partial charge in [0, 0.05) is 17.3 Å². The maximum atomic E-state index is 12.9. The molecule has 0 amide bonds. The molecule has 0 aliphatic carbocycles. The summed E-state index contributed by atoms with van der Waals surface area (Å²) in [6.45, 7) is 5.62. The SMILES string of the molecule is Cc1cn(-c2cc(Cl)cc(C(F)(F)F)c2)c(NC(C)C)n1. The van der Waals surface area contributed by atoms with E-state index in [1.165, 1.54) is 6.07 Å². The first kappa shape index (κ1) is 15.7. The van der Waals surface area contributed by atoms with E-state index in [4.69, 9.17) is 11.6 Å². The van der Waals surface area contributed by atoms with Crippen molar-refractivity contribution in [3.63, 3.8) is 0 Å². The monoisotopic (exact) mass is 317 g/mol. The average molecular weight is 318 g/mol. The van der Waals surface area contributed by atoms with Crippen molar-refractivity contribution in [1.29, 1.82) is 0 Å². The summed E-state index contributed by atoms with van der Waals surface area (Å²) in [5.74, 6) is 0.484. The number of hydrogen-bond donors (Lipinski definition) is 1. The van der Waals surface area contributed by atoms with Gasteiger partial charge in [0.1, 0.15) is 0 Å². The van der Waals surface area contributed by atoms with Gasteiger partial charge in [0.05, 0.1) is 16.9 Å². The number of anilines is 1. The van der Waals surface area contributed by atoms with Gasteiger partial charge in [-0.3, -0.25) is 4.57 Å². The van der Waals surface area contributed by atoms with Crippen molar-refractivity contribution in [3.8, 4) is 5.69 Å². The predicted octanol–water partition coefficient (Wildman–Crippen LogP) is 4.67. The molecule has 0 saturated heterocycles. The normalized spacial score (nSPS) is 12.0. The minimum absolute atomic E-state index is 0.0293. The van der Waals surface area contributed by atoms with Crippen molar-refractivity contribution in [2.45, 2.75) is 33.0 Å². The molecule has 7 heteroatoms. The van der Waals surface area contributed by atoms with E-state index in [-0.39, 0.29) is 11.1 Å². The van der Waals surface area contributed by atoms with Gasteiger partial charge in [0.25, 0.3) is 0 Å². The van der Waals surface area contributed by atoms with Crippen LogP contribution in [-0.2, 0) is 6.18 Å². The molecule has 2 rings (SSSR count). The minimum Gasteiger partial charge on any atom is -0.353 e. The average Bonchev–Trinajstić information content (AvgIpc) is 2.67. The van der Waals surface area contributed by atoms with Crippen LogP contribution in [0.4, 0.5) is 19.1 Å². The van der Waals surface area contributed by atoms with Gasteiger partial charge >= 0.3 is 6.18 Å². The summed E-state index contributed by atoms with van der Waals surface area (Å²) in [4.78, 5) is 4.28. The van der Waals surface area contributed by atoms with E-state index in [1.807, 2.05) is 13.8 Å². The van der Waals surface area contributed by atoms with Gasteiger partial charge in [-0.15, -0.1) is 0 Å². The zero-order valence-corrected chi connectivity index (χ0v) is 12.5. The minimum atomic E-state index is -4.44. The quantitative estimate of drug-likeness (QED) is 0.891. The van der Waals surface area contributed by atoms with Crippen LogP contribution < -0.4 is 5.32 Å². The predicted molar refractivity (Wildman–Crippen MR) is 77.1 cm³/mol. The van der Waals surface area contributed by atoms with Gasteiger partial charge in [0.2, 0.25) is 5.95 Å². The zero-order chi connectivity index (χ0) is 15.8. The second-order valence-electron chi connectivity index (χ2n) is 5.07. The van der Waals surface area contributed by atoms with Crippen molar-refractivity contribution in [3.05, 3.63) is 40.7 Å². The highest BCUT2D eigenvalue weighted by molar-refractivity contribution is 6.30. The number of hydrogen-bond acceptors (Lipinski definition) is 2. The molecule has 1 aromatic heterocycles. The Morgan fingerprint density at radius 2 is 1.90 bits per heavy atom. The van der Waals surface area contributed by atoms with E-state index in [1.54, 1.807) is 17.7 Å². The fraction of sp³-hybridized carbons (Fsp3) is 0.357. The largest absolute Gasteiger partial charge is 0.416 e. The Morgan fingerprint density at radius 3 is 2.48 bits per heavy atom. The number of halogens is 4. The third-order valence-corrected chi connectivity index (χ3v) is 2.95. The summed E-state index contributed by atoms with van der Waals surface area (Å²) >= 11 is 5.82. The van der Waals surface area contributed by atoms with Gasteiger partial charge in [-0.2, -0.15) is 13.2 Å². The van der Waals surface area contributed by atoms with Crippen LogP contribution in [0, 0.1) is 6.92 Å². The number of imidazole rings is 1. The number of alkyl halides is 3. The molecule has 0 aliphatic heterocycles. The Morgan fingerprint density at radius 1 is 1.24 bits per heavy atom. The van der Waals surface area contributed by atoms with E-state index in [0.717, 1.165) is 12.1 Å². The Labute approximate surface area is 125 Å². The van der Waals surface area contributed by atoms with Gasteiger partial charge < -0.3 is 5.32 Å². The number of benzene rings is 1. The van der Waals surface area contributed by atoms with Crippen molar-refractivity contribution in [2.24, 2.45) is 0 Å². The molecule has 0 atom stereocenters. The van der Waals surface area contributed by atoms with Crippen LogP contribution in [-0.4, -0.2) is 15.6 Å². The fourth-order valence-electron chi connectivity index (χ4n) is 1.93. The number of aromatic nitrogens is 2. The van der Waals surface area contributed by atoms with E-state index >= 15 is 0 Å². The highest BCUT2D eigenvalue weighted by Gasteiger charge is 2.31. The van der Waals surface area contributed by atoms with Crippen LogP contribution >= 0.6 is 11.6 Å². The molecule has 0 unspecified atom stereocenters. The van der Waals surface area contributed by atoms with Gasteiger partial charge in [-0.25, -0.2) is 4.98 Å². The summed E-state index contributed by atoms with van der Waals surface area (Å²) in [5, 5.41) is 3.13. The number of aryl methyl sites for hydroxylation is 1. The molecule has 114 valence electrons. The van der Waals surface area contributed by atoms with Crippen molar-refractivity contribution < 1.29 is 13.2 Å². The molecule has 0 radical (unpaired) electrons. The number of rotatable bonds is 3. The Kier molecular flexibility index (Phi) is 4.18. The lowest BCUT2D eigenvalue weighted by molar-refractivity contribution is -0.137. The van der Waals surface area contributed by atoms with E-state index in [9.17, 15) is 13.2 Å². The molecule has 21 heavy (non-hydrogen) atoms. The molecular weight excluding hydrogens is 303 g/mol. The maximum absolute atomic E-state index is 12.9. The molecule has 3 nitrogen and oxygen atoms in total. The second kappa shape index (κ2) is 5.60. The molecule has 0 saturated carbocycles. The Balaban J connectivity index is 2.54. The van der Waals surface area contributed by atoms with Crippen LogP contribution in [0.1, 0.15) is 25.1 Å². The third kappa shape index (κ3) is 3.69. The molecule has 1 aromatic carbocycles. The Hall–Kier alpha value is -1.69. The number of nitrogens with one attached hydrogen (secondary N) is 1. The van der Waals surface area contributed by atoms with Crippen LogP contribution in [0.15, 0.2) is 24.4 Å². The van der Waals surface area contributed by atoms with Gasteiger partial charge in [0.15, 0.2) is 0 Å². The first-order valence-electron chi connectivity index (χ1n) is 6.37. The van der Waals surface area contributed by atoms with Crippen molar-refractivity contribution in [1.82, 2.24) is 9.55 Å². The molecule has 2 aromatic rings. The van der Waals surface area contributed by atoms with Crippen LogP contribution in [0.3, 0.4) is 0 Å². The van der Waals surface area contributed by atoms with Gasteiger partial charge in [-0.05, 0) is 39.0 Å². The smallest absolute Gasteiger partial charge is 0.353 e. The maximum Gasteiger partial charge on any atom is 0.416 e. The van der Waals surface area contributed by atoms with Crippen LogP contribution in [0.2, 0.25) is 5.02 Å². The fourth-order valence-corrected chi connectivity index (χ4v) is 2.16. The lowest BCUT2D eigenvalue weighted by Gasteiger charge is -2.14. The zero-order valence-electron chi connectivity index (χ0n) is 11.8. The summed E-state index contributed by atoms with van der Waals surface area (Å²) < 4.78 is 40.2.